The molecule has 0 unspecified atom stereocenters. The van der Waals surface area contributed by atoms with E-state index in [1.165, 1.54) is 11.1 Å². The zero-order chi connectivity index (χ0) is 9.92. The van der Waals surface area contributed by atoms with Crippen molar-refractivity contribution in [3.8, 4) is 0 Å². The van der Waals surface area contributed by atoms with Gasteiger partial charge in [0.15, 0.2) is 0 Å². The zero-order valence-electron chi connectivity index (χ0n) is 7.08. The van der Waals surface area contributed by atoms with Crippen LogP contribution in [0, 0.1) is 0 Å². The summed E-state index contributed by atoms with van der Waals surface area (Å²) in [6, 6.07) is 8.40. The predicted molar refractivity (Wildman–Crippen MR) is 66.3 cm³/mol. The molecule has 1 nitrogen and oxygen atoms in total. The highest BCUT2D eigenvalue weighted by Crippen LogP contribution is 2.64. The van der Waals surface area contributed by atoms with E-state index < -0.39 is 0 Å². The summed E-state index contributed by atoms with van der Waals surface area (Å²) < 4.78 is 5.76. The monoisotopic (exact) mass is 380 g/mol. The Morgan fingerprint density at radius 1 is 1.14 bits per heavy atom. The van der Waals surface area contributed by atoms with Crippen molar-refractivity contribution >= 4 is 47.8 Å². The first-order valence-electron chi connectivity index (χ1n) is 4.38. The Kier molecular flexibility index (Phi) is 2.15. The molecule has 2 aliphatic heterocycles. The Balaban J connectivity index is 2.19. The van der Waals surface area contributed by atoms with Gasteiger partial charge in [-0.25, -0.2) is 0 Å². The zero-order valence-corrected chi connectivity index (χ0v) is 11.8. The number of fused-ring (bicyclic) bond motifs is 5. The second kappa shape index (κ2) is 3.06. The molecule has 0 N–H and O–H groups in total. The van der Waals surface area contributed by atoms with Gasteiger partial charge in [0.2, 0.25) is 0 Å². The van der Waals surface area contributed by atoms with Gasteiger partial charge in [-0.2, -0.15) is 0 Å². The summed E-state index contributed by atoms with van der Waals surface area (Å²) in [5.74, 6) is 0. The lowest BCUT2D eigenvalue weighted by Crippen LogP contribution is -2.30. The molecule has 0 saturated carbocycles. The topological polar surface area (TPSA) is 9.23 Å². The summed E-state index contributed by atoms with van der Waals surface area (Å²) >= 11 is 11.0. The maximum atomic E-state index is 5.93. The molecule has 2 aliphatic rings. The largest absolute Gasteiger partial charge is 0.362 e. The third-order valence-electron chi connectivity index (χ3n) is 2.85. The maximum Gasteiger partial charge on any atom is 0.126 e. The molecule has 0 spiro atoms. The Hall–Kier alpha value is 0.620. The Morgan fingerprint density at radius 2 is 1.79 bits per heavy atom. The van der Waals surface area contributed by atoms with Crippen LogP contribution in [-0.2, 0) is 4.74 Å². The van der Waals surface area contributed by atoms with Crippen LogP contribution >= 0.6 is 47.8 Å². The minimum atomic E-state index is -0.168. The van der Waals surface area contributed by atoms with Gasteiger partial charge < -0.3 is 4.74 Å². The van der Waals surface area contributed by atoms with Gasteiger partial charge in [0.1, 0.15) is 9.34 Å². The lowest BCUT2D eigenvalue weighted by Gasteiger charge is -2.28. The minimum absolute atomic E-state index is 0.105. The van der Waals surface area contributed by atoms with Crippen LogP contribution in [0.1, 0.15) is 23.3 Å². The molecular weight excluding hydrogens is 376 g/mol. The smallest absolute Gasteiger partial charge is 0.126 e. The predicted octanol–water partition coefficient (Wildman–Crippen LogP) is 4.06. The molecule has 0 radical (unpaired) electrons. The Labute approximate surface area is 108 Å². The van der Waals surface area contributed by atoms with Crippen LogP contribution in [0.3, 0.4) is 0 Å². The van der Waals surface area contributed by atoms with Crippen LogP contribution in [-0.4, -0.2) is 8.06 Å². The molecule has 74 valence electrons. The molecule has 0 amide bonds. The fourth-order valence-electron chi connectivity index (χ4n) is 2.17. The summed E-state index contributed by atoms with van der Waals surface area (Å²) in [5.41, 5.74) is 2.61. The molecule has 3 atom stereocenters. The molecule has 3 rings (SSSR count). The molecule has 1 aromatic rings. The van der Waals surface area contributed by atoms with E-state index in [0.29, 0.717) is 0 Å². The van der Waals surface area contributed by atoms with Crippen molar-refractivity contribution < 1.29 is 4.74 Å². The molecule has 0 aromatic heterocycles. The summed E-state index contributed by atoms with van der Waals surface area (Å²) in [7, 11) is 0. The molecule has 2 heterocycles. The molecule has 1 fully saturated rings. The van der Waals surface area contributed by atoms with Gasteiger partial charge in [-0.3, -0.25) is 0 Å². The molecule has 14 heavy (non-hydrogen) atoms. The van der Waals surface area contributed by atoms with E-state index in [9.17, 15) is 0 Å². The number of hydrogen-bond acceptors (Lipinski definition) is 1. The lowest BCUT2D eigenvalue weighted by molar-refractivity contribution is 0.0731. The van der Waals surface area contributed by atoms with Crippen LogP contribution in [0.4, 0.5) is 0 Å². The van der Waals surface area contributed by atoms with Crippen LogP contribution in [0.5, 0.6) is 0 Å². The highest BCUT2D eigenvalue weighted by Gasteiger charge is 2.59. The summed E-state index contributed by atoms with van der Waals surface area (Å²) in [4.78, 5) is 0.273. The summed E-state index contributed by atoms with van der Waals surface area (Å²) in [6.07, 6.45) is 0.267. The van der Waals surface area contributed by atoms with E-state index in [4.69, 9.17) is 4.74 Å². The standard InChI is InChI=1S/C10H7Br3O/c11-8-7-5-3-1-2-4-6(5)9(14-7)10(8,12)13/h1-4,7-9H/t7-,8+,9+/m0/s1. The number of rotatable bonds is 0. The highest BCUT2D eigenvalue weighted by atomic mass is 79.9. The SMILES string of the molecule is Br[C@@H]1[C@H]2O[C@H](c3ccccc32)C1(Br)Br. The second-order valence-corrected chi connectivity index (χ2v) is 8.32. The van der Waals surface area contributed by atoms with Crippen molar-refractivity contribution in [2.45, 2.75) is 20.3 Å². The molecular formula is C10H7Br3O. The van der Waals surface area contributed by atoms with E-state index in [-0.39, 0.29) is 20.3 Å². The van der Waals surface area contributed by atoms with Crippen molar-refractivity contribution in [1.82, 2.24) is 0 Å². The molecule has 0 aliphatic carbocycles. The number of alkyl halides is 3. The third-order valence-corrected chi connectivity index (χ3v) is 7.10. The first-order chi connectivity index (χ1) is 6.62. The summed E-state index contributed by atoms with van der Waals surface area (Å²) in [5, 5.41) is 0. The number of benzene rings is 1. The highest BCUT2D eigenvalue weighted by molar-refractivity contribution is 9.26. The average molecular weight is 383 g/mol. The van der Waals surface area contributed by atoms with Crippen LogP contribution in [0.2, 0.25) is 0 Å². The van der Waals surface area contributed by atoms with Crippen LogP contribution < -0.4 is 0 Å². The third kappa shape index (κ3) is 1.09. The van der Waals surface area contributed by atoms with E-state index in [1.54, 1.807) is 0 Å². The quantitative estimate of drug-likeness (QED) is 0.615. The fourth-order valence-corrected chi connectivity index (χ4v) is 4.01. The van der Waals surface area contributed by atoms with E-state index in [1.807, 2.05) is 0 Å². The molecule has 4 heteroatoms. The fraction of sp³-hybridized carbons (Fsp3) is 0.400. The van der Waals surface area contributed by atoms with Gasteiger partial charge in [-0.15, -0.1) is 0 Å². The van der Waals surface area contributed by atoms with Crippen LogP contribution in [0.25, 0.3) is 0 Å². The summed E-state index contributed by atoms with van der Waals surface area (Å²) in [6.45, 7) is 0. The van der Waals surface area contributed by atoms with Crippen molar-refractivity contribution in [2.75, 3.05) is 0 Å². The average Bonchev–Trinajstić information content (AvgIpc) is 2.64. The van der Waals surface area contributed by atoms with Gasteiger partial charge >= 0.3 is 0 Å². The normalized spacial score (nSPS) is 37.2. The lowest BCUT2D eigenvalue weighted by atomic mass is 9.92. The number of ether oxygens (including phenoxy) is 1. The number of hydrogen-bond donors (Lipinski definition) is 0. The van der Waals surface area contributed by atoms with E-state index in [0.717, 1.165) is 0 Å². The van der Waals surface area contributed by atoms with Gasteiger partial charge in [-0.05, 0) is 11.1 Å². The van der Waals surface area contributed by atoms with Crippen molar-refractivity contribution in [3.63, 3.8) is 0 Å². The molecule has 2 bridgehead atoms. The van der Waals surface area contributed by atoms with E-state index >= 15 is 0 Å². The molecule has 1 aromatic carbocycles. The Morgan fingerprint density at radius 3 is 2.50 bits per heavy atom. The first kappa shape index (κ1) is 9.82. The van der Waals surface area contributed by atoms with Gasteiger partial charge in [0.25, 0.3) is 0 Å². The number of halogens is 3. The molecule has 1 saturated heterocycles. The van der Waals surface area contributed by atoms with Gasteiger partial charge in [-0.1, -0.05) is 72.1 Å². The van der Waals surface area contributed by atoms with Crippen LogP contribution in [0.15, 0.2) is 24.3 Å². The maximum absolute atomic E-state index is 5.93. The minimum Gasteiger partial charge on any atom is -0.362 e. The Bertz CT molecular complexity index is 391. The first-order valence-corrected chi connectivity index (χ1v) is 6.88. The van der Waals surface area contributed by atoms with Crippen molar-refractivity contribution in [3.05, 3.63) is 35.4 Å². The second-order valence-electron chi connectivity index (χ2n) is 3.64. The van der Waals surface area contributed by atoms with E-state index in [2.05, 4.69) is 72.1 Å². The van der Waals surface area contributed by atoms with Crippen molar-refractivity contribution in [1.29, 1.82) is 0 Å². The van der Waals surface area contributed by atoms with Crippen molar-refractivity contribution in [2.24, 2.45) is 0 Å². The van der Waals surface area contributed by atoms with Gasteiger partial charge in [0.05, 0.1) is 10.9 Å². The van der Waals surface area contributed by atoms with Gasteiger partial charge in [0, 0.05) is 0 Å².